The zero-order chi connectivity index (χ0) is 15.4. The lowest BCUT2D eigenvalue weighted by Gasteiger charge is -2.19. The predicted octanol–water partition coefficient (Wildman–Crippen LogP) is 5.99. The number of anilines is 1. The van der Waals surface area contributed by atoms with Crippen molar-refractivity contribution in [2.24, 2.45) is 4.99 Å². The van der Waals surface area contributed by atoms with Crippen LogP contribution in [0, 0.1) is 0 Å². The highest BCUT2D eigenvalue weighted by molar-refractivity contribution is 6.13. The number of benzene rings is 2. The van der Waals surface area contributed by atoms with E-state index >= 15 is 0 Å². The van der Waals surface area contributed by atoms with Gasteiger partial charge in [-0.15, -0.1) is 0 Å². The molecule has 0 spiro atoms. The fourth-order valence-corrected chi connectivity index (χ4v) is 2.96. The predicted molar refractivity (Wildman–Crippen MR) is 97.1 cm³/mol. The minimum absolute atomic E-state index is 0.931. The lowest BCUT2D eigenvalue weighted by Crippen LogP contribution is -2.14. The third kappa shape index (κ3) is 2.96. The number of allylic oxidation sites excluding steroid dienone is 4. The topological polar surface area (TPSA) is 24.4 Å². The van der Waals surface area contributed by atoms with Crippen LogP contribution in [0.3, 0.4) is 0 Å². The van der Waals surface area contributed by atoms with E-state index in [0.29, 0.717) is 0 Å². The van der Waals surface area contributed by atoms with Gasteiger partial charge in [0.1, 0.15) is 5.84 Å². The minimum atomic E-state index is 0.931. The maximum Gasteiger partial charge on any atom is 0.107 e. The fourth-order valence-electron chi connectivity index (χ4n) is 2.96. The third-order valence-electron chi connectivity index (χ3n) is 3.91. The molecule has 0 atom stereocenters. The van der Waals surface area contributed by atoms with Crippen LogP contribution in [0.25, 0.3) is 10.8 Å². The molecule has 2 aromatic carbocycles. The molecule has 22 heavy (non-hydrogen) atoms. The first-order chi connectivity index (χ1) is 10.8. The summed E-state index contributed by atoms with van der Waals surface area (Å²) in [5.41, 5.74) is 3.63. The Morgan fingerprint density at radius 3 is 2.77 bits per heavy atom. The maximum atomic E-state index is 4.81. The SMILES string of the molecule is C/C=C\C(=C/CC)CCC1=Nc2cccc3cccc(c23)N1. The van der Waals surface area contributed by atoms with Crippen LogP contribution in [0.1, 0.15) is 33.1 Å². The van der Waals surface area contributed by atoms with Gasteiger partial charge in [0.25, 0.3) is 0 Å². The Kier molecular flexibility index (Phi) is 4.38. The van der Waals surface area contributed by atoms with Crippen LogP contribution in [0.5, 0.6) is 0 Å². The van der Waals surface area contributed by atoms with Gasteiger partial charge in [0, 0.05) is 17.5 Å². The second kappa shape index (κ2) is 6.61. The van der Waals surface area contributed by atoms with Crippen molar-refractivity contribution in [1.82, 2.24) is 0 Å². The molecule has 0 bridgehead atoms. The largest absolute Gasteiger partial charge is 0.343 e. The molecule has 1 N–H and O–H groups in total. The molecule has 0 saturated carbocycles. The number of nitrogens with one attached hydrogen (secondary N) is 1. The van der Waals surface area contributed by atoms with Gasteiger partial charge in [-0.25, -0.2) is 4.99 Å². The Morgan fingerprint density at radius 1 is 1.18 bits per heavy atom. The standard InChI is InChI=1S/C20H22N2/c1-3-7-15(8-4-2)13-14-19-21-17-11-5-9-16-10-6-12-18(22-19)20(16)17/h3,5-12H,4,13-14H2,1-2H3,(H,21,22)/b7-3-,15-8+. The van der Waals surface area contributed by atoms with E-state index in [1.54, 1.807) is 0 Å². The van der Waals surface area contributed by atoms with E-state index in [2.05, 4.69) is 73.8 Å². The highest BCUT2D eigenvalue weighted by Crippen LogP contribution is 2.36. The fraction of sp³-hybridized carbons (Fsp3) is 0.250. The Labute approximate surface area is 132 Å². The number of aliphatic imine (C=N–C) groups is 1. The summed E-state index contributed by atoms with van der Waals surface area (Å²) in [4.78, 5) is 4.81. The van der Waals surface area contributed by atoms with Gasteiger partial charge in [-0.2, -0.15) is 0 Å². The normalized spacial score (nSPS) is 14.3. The molecule has 0 aliphatic carbocycles. The van der Waals surface area contributed by atoms with Gasteiger partial charge in [-0.05, 0) is 37.3 Å². The van der Waals surface area contributed by atoms with Gasteiger partial charge in [-0.3, -0.25) is 0 Å². The van der Waals surface area contributed by atoms with E-state index in [9.17, 15) is 0 Å². The van der Waals surface area contributed by atoms with E-state index in [4.69, 9.17) is 4.99 Å². The van der Waals surface area contributed by atoms with E-state index in [1.807, 2.05) is 0 Å². The van der Waals surface area contributed by atoms with Crippen LogP contribution >= 0.6 is 0 Å². The first kappa shape index (κ1) is 14.6. The van der Waals surface area contributed by atoms with E-state index in [1.165, 1.54) is 22.0 Å². The molecule has 0 amide bonds. The molecule has 0 unspecified atom stereocenters. The second-order valence-corrected chi connectivity index (χ2v) is 5.55. The molecule has 2 nitrogen and oxygen atoms in total. The molecule has 0 saturated heterocycles. The highest BCUT2D eigenvalue weighted by Gasteiger charge is 2.13. The lowest BCUT2D eigenvalue weighted by atomic mass is 10.0. The third-order valence-corrected chi connectivity index (χ3v) is 3.91. The summed E-state index contributed by atoms with van der Waals surface area (Å²) in [7, 11) is 0. The van der Waals surface area contributed by atoms with Crippen molar-refractivity contribution < 1.29 is 0 Å². The van der Waals surface area contributed by atoms with Gasteiger partial charge in [0.2, 0.25) is 0 Å². The minimum Gasteiger partial charge on any atom is -0.343 e. The molecule has 2 heteroatoms. The molecule has 112 valence electrons. The van der Waals surface area contributed by atoms with Gasteiger partial charge in [0.05, 0.1) is 5.69 Å². The monoisotopic (exact) mass is 290 g/mol. The summed E-state index contributed by atoms with van der Waals surface area (Å²) in [6.45, 7) is 4.24. The molecule has 0 aromatic heterocycles. The summed E-state index contributed by atoms with van der Waals surface area (Å²) in [6, 6.07) is 12.7. The van der Waals surface area contributed by atoms with Crippen molar-refractivity contribution in [3.63, 3.8) is 0 Å². The molecule has 0 fully saturated rings. The van der Waals surface area contributed by atoms with Crippen LogP contribution in [0.15, 0.2) is 65.2 Å². The highest BCUT2D eigenvalue weighted by atomic mass is 15.0. The zero-order valence-corrected chi connectivity index (χ0v) is 13.3. The van der Waals surface area contributed by atoms with Crippen LogP contribution in [-0.4, -0.2) is 5.84 Å². The van der Waals surface area contributed by atoms with Crippen LogP contribution in [-0.2, 0) is 0 Å². The number of hydrogen-bond acceptors (Lipinski definition) is 2. The second-order valence-electron chi connectivity index (χ2n) is 5.55. The van der Waals surface area contributed by atoms with Crippen molar-refractivity contribution in [3.05, 3.63) is 60.2 Å². The maximum absolute atomic E-state index is 4.81. The lowest BCUT2D eigenvalue weighted by molar-refractivity contribution is 1.02. The van der Waals surface area contributed by atoms with Crippen LogP contribution < -0.4 is 5.32 Å². The van der Waals surface area contributed by atoms with Crippen molar-refractivity contribution >= 4 is 28.0 Å². The number of rotatable bonds is 5. The van der Waals surface area contributed by atoms with Crippen molar-refractivity contribution in [2.45, 2.75) is 33.1 Å². The Morgan fingerprint density at radius 2 is 2.00 bits per heavy atom. The first-order valence-corrected chi connectivity index (χ1v) is 8.00. The van der Waals surface area contributed by atoms with Crippen molar-refractivity contribution in [2.75, 3.05) is 5.32 Å². The molecule has 1 heterocycles. The van der Waals surface area contributed by atoms with Gasteiger partial charge >= 0.3 is 0 Å². The van der Waals surface area contributed by atoms with E-state index in [0.717, 1.165) is 30.8 Å². The summed E-state index contributed by atoms with van der Waals surface area (Å²) in [6.07, 6.45) is 9.61. The van der Waals surface area contributed by atoms with Gasteiger partial charge in [0.15, 0.2) is 0 Å². The molecule has 1 aliphatic heterocycles. The first-order valence-electron chi connectivity index (χ1n) is 8.00. The summed E-state index contributed by atoms with van der Waals surface area (Å²) >= 11 is 0. The summed E-state index contributed by atoms with van der Waals surface area (Å²) < 4.78 is 0. The van der Waals surface area contributed by atoms with E-state index in [-0.39, 0.29) is 0 Å². The van der Waals surface area contributed by atoms with E-state index < -0.39 is 0 Å². The molecule has 3 rings (SSSR count). The average molecular weight is 290 g/mol. The van der Waals surface area contributed by atoms with Crippen LogP contribution in [0.2, 0.25) is 0 Å². The Balaban J connectivity index is 1.84. The average Bonchev–Trinajstić information content (AvgIpc) is 2.54. The van der Waals surface area contributed by atoms with Crippen molar-refractivity contribution in [3.8, 4) is 0 Å². The van der Waals surface area contributed by atoms with Gasteiger partial charge in [-0.1, -0.05) is 55.0 Å². The zero-order valence-electron chi connectivity index (χ0n) is 13.3. The molecule has 2 aromatic rings. The summed E-state index contributed by atoms with van der Waals surface area (Å²) in [5.74, 6) is 1.05. The molecular weight excluding hydrogens is 268 g/mol. The van der Waals surface area contributed by atoms with Crippen molar-refractivity contribution in [1.29, 1.82) is 0 Å². The smallest absolute Gasteiger partial charge is 0.107 e. The molecule has 0 radical (unpaired) electrons. The quantitative estimate of drug-likeness (QED) is 0.672. The van der Waals surface area contributed by atoms with Gasteiger partial charge < -0.3 is 5.32 Å². The molecule has 1 aliphatic rings. The number of amidine groups is 1. The number of nitrogens with zero attached hydrogens (tertiary/aromatic N) is 1. The Bertz CT molecular complexity index is 761. The summed E-state index contributed by atoms with van der Waals surface area (Å²) in [5, 5.41) is 5.97. The number of hydrogen-bond donors (Lipinski definition) is 1. The Hall–Kier alpha value is -2.35. The van der Waals surface area contributed by atoms with Crippen LogP contribution in [0.4, 0.5) is 11.4 Å². The molecular formula is C20H22N2.